The predicted octanol–water partition coefficient (Wildman–Crippen LogP) is 2.08. The molecular formula is C7H11FO. The summed E-state index contributed by atoms with van der Waals surface area (Å²) >= 11 is 0. The Bertz CT molecular complexity index is 127. The lowest BCUT2D eigenvalue weighted by atomic mass is 10.1. The molecule has 0 rings (SSSR count). The van der Waals surface area contributed by atoms with Gasteiger partial charge in [-0.1, -0.05) is 20.4 Å². The number of ketones is 1. The van der Waals surface area contributed by atoms with Crippen molar-refractivity contribution in [3.63, 3.8) is 0 Å². The molecule has 0 aromatic rings. The normalized spacial score (nSPS) is 9.78. The highest BCUT2D eigenvalue weighted by atomic mass is 19.1. The average molecular weight is 130 g/mol. The molecule has 1 nitrogen and oxygen atoms in total. The maximum atomic E-state index is 11.9. The first-order valence-electron chi connectivity index (χ1n) is 2.91. The maximum absolute atomic E-state index is 11.9. The van der Waals surface area contributed by atoms with Gasteiger partial charge in [0, 0.05) is 6.42 Å². The molecule has 0 unspecified atom stereocenters. The van der Waals surface area contributed by atoms with E-state index in [1.54, 1.807) is 0 Å². The Morgan fingerprint density at radius 2 is 2.11 bits per heavy atom. The second kappa shape index (κ2) is 3.38. The van der Waals surface area contributed by atoms with Crippen molar-refractivity contribution in [2.75, 3.05) is 0 Å². The largest absolute Gasteiger partial charge is 0.292 e. The van der Waals surface area contributed by atoms with Crippen LogP contribution < -0.4 is 0 Å². The molecule has 0 N–H and O–H groups in total. The van der Waals surface area contributed by atoms with Crippen molar-refractivity contribution in [2.24, 2.45) is 5.92 Å². The number of Topliss-reactive ketones (excluding diaryl/α,β-unsaturated/α-hetero) is 1. The molecule has 0 heterocycles. The minimum Gasteiger partial charge on any atom is -0.292 e. The van der Waals surface area contributed by atoms with Crippen LogP contribution in [-0.4, -0.2) is 5.78 Å². The van der Waals surface area contributed by atoms with Crippen LogP contribution in [0, 0.1) is 5.92 Å². The van der Waals surface area contributed by atoms with Gasteiger partial charge in [0.15, 0.2) is 11.6 Å². The van der Waals surface area contributed by atoms with E-state index in [-0.39, 0.29) is 12.3 Å². The second-order valence-electron chi connectivity index (χ2n) is 2.43. The zero-order valence-corrected chi connectivity index (χ0v) is 5.78. The predicted molar refractivity (Wildman–Crippen MR) is 34.7 cm³/mol. The van der Waals surface area contributed by atoms with E-state index >= 15 is 0 Å². The number of carbonyl (C=O) groups is 1. The van der Waals surface area contributed by atoms with Gasteiger partial charge >= 0.3 is 0 Å². The van der Waals surface area contributed by atoms with Gasteiger partial charge < -0.3 is 0 Å². The number of rotatable bonds is 3. The third-order valence-corrected chi connectivity index (χ3v) is 0.896. The van der Waals surface area contributed by atoms with Crippen LogP contribution in [0.5, 0.6) is 0 Å². The highest BCUT2D eigenvalue weighted by Gasteiger charge is 2.07. The van der Waals surface area contributed by atoms with Crippen LogP contribution in [-0.2, 0) is 4.79 Å². The molecule has 52 valence electrons. The van der Waals surface area contributed by atoms with Gasteiger partial charge in [0.05, 0.1) is 0 Å². The van der Waals surface area contributed by atoms with Crippen molar-refractivity contribution >= 4 is 5.78 Å². The highest BCUT2D eigenvalue weighted by Crippen LogP contribution is 2.05. The molecule has 0 spiro atoms. The van der Waals surface area contributed by atoms with Crippen molar-refractivity contribution in [1.82, 2.24) is 0 Å². The summed E-state index contributed by atoms with van der Waals surface area (Å²) < 4.78 is 11.9. The molecule has 0 aliphatic heterocycles. The molecule has 0 radical (unpaired) electrons. The minimum atomic E-state index is -0.830. The van der Waals surface area contributed by atoms with Crippen LogP contribution in [0.3, 0.4) is 0 Å². The van der Waals surface area contributed by atoms with Crippen molar-refractivity contribution in [3.8, 4) is 0 Å². The van der Waals surface area contributed by atoms with Gasteiger partial charge in [-0.05, 0) is 5.92 Å². The van der Waals surface area contributed by atoms with Crippen LogP contribution in [0.4, 0.5) is 4.39 Å². The Balaban J connectivity index is 3.65. The Morgan fingerprint density at radius 3 is 2.22 bits per heavy atom. The summed E-state index contributed by atoms with van der Waals surface area (Å²) in [6.45, 7) is 6.62. The van der Waals surface area contributed by atoms with Crippen molar-refractivity contribution in [3.05, 3.63) is 12.4 Å². The molecule has 0 aliphatic rings. The Morgan fingerprint density at radius 1 is 1.67 bits per heavy atom. The van der Waals surface area contributed by atoms with Crippen molar-refractivity contribution in [1.29, 1.82) is 0 Å². The van der Waals surface area contributed by atoms with E-state index in [4.69, 9.17) is 0 Å². The Kier molecular flexibility index (Phi) is 3.13. The fraction of sp³-hybridized carbons (Fsp3) is 0.571. The number of hydrogen-bond donors (Lipinski definition) is 0. The molecule has 0 aliphatic carbocycles. The smallest absolute Gasteiger partial charge is 0.190 e. The third kappa shape index (κ3) is 3.88. The number of hydrogen-bond acceptors (Lipinski definition) is 1. The first-order valence-corrected chi connectivity index (χ1v) is 2.91. The van der Waals surface area contributed by atoms with Crippen LogP contribution in [0.2, 0.25) is 0 Å². The third-order valence-electron chi connectivity index (χ3n) is 0.896. The molecule has 2 heteroatoms. The quantitative estimate of drug-likeness (QED) is 0.534. The molecule has 0 bridgehead atoms. The Labute approximate surface area is 54.6 Å². The number of allylic oxidation sites excluding steroid dienone is 1. The SMILES string of the molecule is C=C(F)C(=O)CC(C)C. The Hall–Kier alpha value is -0.660. The summed E-state index contributed by atoms with van der Waals surface area (Å²) in [5, 5.41) is 0. The second-order valence-corrected chi connectivity index (χ2v) is 2.43. The summed E-state index contributed by atoms with van der Waals surface area (Å²) in [6.07, 6.45) is 0.259. The zero-order valence-electron chi connectivity index (χ0n) is 5.78. The summed E-state index contributed by atoms with van der Waals surface area (Å²) in [4.78, 5) is 10.5. The van der Waals surface area contributed by atoms with Gasteiger partial charge in [0.25, 0.3) is 0 Å². The molecule has 0 saturated carbocycles. The molecule has 0 fully saturated rings. The van der Waals surface area contributed by atoms with E-state index < -0.39 is 11.6 Å². The summed E-state index contributed by atoms with van der Waals surface area (Å²) in [6, 6.07) is 0. The van der Waals surface area contributed by atoms with E-state index in [1.165, 1.54) is 0 Å². The lowest BCUT2D eigenvalue weighted by Gasteiger charge is -1.98. The summed E-state index contributed by atoms with van der Waals surface area (Å²) in [7, 11) is 0. The van der Waals surface area contributed by atoms with Gasteiger partial charge in [-0.3, -0.25) is 4.79 Å². The fourth-order valence-corrected chi connectivity index (χ4v) is 0.482. The fourth-order valence-electron chi connectivity index (χ4n) is 0.482. The zero-order chi connectivity index (χ0) is 7.44. The first-order chi connectivity index (χ1) is 4.04. The molecule has 0 saturated heterocycles. The van der Waals surface area contributed by atoms with Crippen LogP contribution >= 0.6 is 0 Å². The van der Waals surface area contributed by atoms with Gasteiger partial charge in [-0.15, -0.1) is 0 Å². The molecule has 0 aromatic heterocycles. The van der Waals surface area contributed by atoms with Crippen LogP contribution in [0.15, 0.2) is 12.4 Å². The lowest BCUT2D eigenvalue weighted by Crippen LogP contribution is -2.01. The van der Waals surface area contributed by atoms with Gasteiger partial charge in [0.2, 0.25) is 0 Å². The number of halogens is 1. The van der Waals surface area contributed by atoms with Gasteiger partial charge in [0.1, 0.15) is 0 Å². The monoisotopic (exact) mass is 130 g/mol. The van der Waals surface area contributed by atoms with E-state index in [9.17, 15) is 9.18 Å². The summed E-state index contributed by atoms with van der Waals surface area (Å²) in [5.41, 5.74) is 0. The average Bonchev–Trinajstić information content (AvgIpc) is 1.63. The molecule has 0 atom stereocenters. The highest BCUT2D eigenvalue weighted by molar-refractivity contribution is 5.92. The van der Waals surface area contributed by atoms with E-state index in [2.05, 4.69) is 6.58 Å². The lowest BCUT2D eigenvalue weighted by molar-refractivity contribution is -0.117. The number of carbonyl (C=O) groups excluding carboxylic acids is 1. The van der Waals surface area contributed by atoms with E-state index in [1.807, 2.05) is 13.8 Å². The van der Waals surface area contributed by atoms with Gasteiger partial charge in [-0.25, -0.2) is 4.39 Å². The maximum Gasteiger partial charge on any atom is 0.190 e. The topological polar surface area (TPSA) is 17.1 Å². The molecule has 0 aromatic carbocycles. The molecule has 0 amide bonds. The van der Waals surface area contributed by atoms with Crippen molar-refractivity contribution in [2.45, 2.75) is 20.3 Å². The summed E-state index contributed by atoms with van der Waals surface area (Å²) in [5.74, 6) is -1.10. The minimum absolute atomic E-state index is 0.213. The van der Waals surface area contributed by atoms with E-state index in [0.717, 1.165) is 0 Å². The first kappa shape index (κ1) is 8.34. The molecular weight excluding hydrogens is 119 g/mol. The van der Waals surface area contributed by atoms with Gasteiger partial charge in [-0.2, -0.15) is 0 Å². The standard InChI is InChI=1S/C7H11FO/c1-5(2)4-7(9)6(3)8/h5H,3-4H2,1-2H3. The van der Waals surface area contributed by atoms with Crippen molar-refractivity contribution < 1.29 is 9.18 Å². The van der Waals surface area contributed by atoms with E-state index in [0.29, 0.717) is 0 Å². The molecule has 9 heavy (non-hydrogen) atoms. The van der Waals surface area contributed by atoms with Crippen LogP contribution in [0.1, 0.15) is 20.3 Å². The van der Waals surface area contributed by atoms with Crippen LogP contribution in [0.25, 0.3) is 0 Å².